The lowest BCUT2D eigenvalue weighted by atomic mass is 10.0. The number of rotatable bonds is 5. The number of aromatic nitrogens is 1. The summed E-state index contributed by atoms with van der Waals surface area (Å²) >= 11 is 7.18. The molecule has 3 aromatic carbocycles. The van der Waals surface area contributed by atoms with Crippen molar-refractivity contribution in [1.29, 1.82) is 0 Å². The lowest BCUT2D eigenvalue weighted by molar-refractivity contribution is 0.103. The van der Waals surface area contributed by atoms with E-state index in [0.717, 1.165) is 16.9 Å². The number of carbonyl (C=O) groups is 1. The van der Waals surface area contributed by atoms with Gasteiger partial charge in [-0.1, -0.05) is 89.7 Å². The van der Waals surface area contributed by atoms with Crippen molar-refractivity contribution in [3.8, 4) is 22.4 Å². The number of halogens is 1. The minimum atomic E-state index is -3.96. The molecule has 156 valence electrons. The summed E-state index contributed by atoms with van der Waals surface area (Å²) in [5.74, 6) is -0.399. The van der Waals surface area contributed by atoms with Gasteiger partial charge < -0.3 is 5.32 Å². The van der Waals surface area contributed by atoms with Crippen LogP contribution in [-0.2, 0) is 10.0 Å². The van der Waals surface area contributed by atoms with E-state index in [2.05, 4.69) is 10.3 Å². The van der Waals surface area contributed by atoms with Crippen LogP contribution >= 0.6 is 22.9 Å². The number of nitrogens with zero attached hydrogens (tertiary/aromatic N) is 1. The van der Waals surface area contributed by atoms with E-state index in [1.165, 1.54) is 6.07 Å². The van der Waals surface area contributed by atoms with Crippen molar-refractivity contribution in [3.05, 3.63) is 88.2 Å². The van der Waals surface area contributed by atoms with E-state index in [9.17, 15) is 13.2 Å². The lowest BCUT2D eigenvalue weighted by Crippen LogP contribution is -2.15. The number of nitrogens with one attached hydrogen (secondary N) is 1. The van der Waals surface area contributed by atoms with Crippen LogP contribution in [0.1, 0.15) is 9.67 Å². The van der Waals surface area contributed by atoms with Crippen LogP contribution in [-0.4, -0.2) is 19.3 Å². The van der Waals surface area contributed by atoms with Crippen molar-refractivity contribution < 1.29 is 13.2 Å². The zero-order valence-electron chi connectivity index (χ0n) is 15.9. The van der Waals surface area contributed by atoms with Gasteiger partial charge in [0.2, 0.25) is 10.0 Å². The maximum absolute atomic E-state index is 13.1. The maximum atomic E-state index is 13.1. The van der Waals surface area contributed by atoms with Crippen LogP contribution in [0.15, 0.2) is 83.8 Å². The summed E-state index contributed by atoms with van der Waals surface area (Å²) in [7, 11) is -3.96. The number of para-hydroxylation sites is 1. The lowest BCUT2D eigenvalue weighted by Gasteiger charge is -2.14. The fourth-order valence-corrected chi connectivity index (χ4v) is 4.96. The Labute approximate surface area is 188 Å². The summed E-state index contributed by atoms with van der Waals surface area (Å²) in [6, 6.07) is 22.6. The molecule has 0 bridgehead atoms. The molecule has 3 N–H and O–H groups in total. The molecule has 0 saturated heterocycles. The molecule has 1 aromatic heterocycles. The van der Waals surface area contributed by atoms with Gasteiger partial charge in [0.05, 0.1) is 10.6 Å². The first kappa shape index (κ1) is 21.2. The van der Waals surface area contributed by atoms with Gasteiger partial charge in [-0.15, -0.1) is 0 Å². The van der Waals surface area contributed by atoms with E-state index >= 15 is 0 Å². The third kappa shape index (κ3) is 4.52. The minimum Gasteiger partial charge on any atom is -0.321 e. The van der Waals surface area contributed by atoms with Gasteiger partial charge in [0, 0.05) is 22.4 Å². The monoisotopic (exact) mass is 469 g/mol. The van der Waals surface area contributed by atoms with Crippen LogP contribution in [0.25, 0.3) is 22.4 Å². The Morgan fingerprint density at radius 3 is 2.23 bits per heavy atom. The summed E-state index contributed by atoms with van der Waals surface area (Å²) < 4.78 is 24.4. The fourth-order valence-electron chi connectivity index (χ4n) is 3.18. The van der Waals surface area contributed by atoms with Crippen LogP contribution in [0.5, 0.6) is 0 Å². The number of primary sulfonamides is 1. The third-order valence-corrected chi connectivity index (χ3v) is 6.64. The van der Waals surface area contributed by atoms with Crippen LogP contribution < -0.4 is 10.5 Å². The highest BCUT2D eigenvalue weighted by Gasteiger charge is 2.21. The molecule has 0 aliphatic heterocycles. The molecule has 0 aliphatic rings. The summed E-state index contributed by atoms with van der Waals surface area (Å²) in [5, 5.41) is 8.25. The van der Waals surface area contributed by atoms with Gasteiger partial charge in [-0.05, 0) is 12.1 Å². The number of nitrogens with two attached hydrogens (primary N) is 1. The average molecular weight is 470 g/mol. The normalized spacial score (nSPS) is 11.3. The van der Waals surface area contributed by atoms with E-state index < -0.39 is 15.9 Å². The number of thiazole rings is 1. The molecule has 0 atom stereocenters. The van der Waals surface area contributed by atoms with Crippen LogP contribution in [0, 0.1) is 0 Å². The van der Waals surface area contributed by atoms with Crippen molar-refractivity contribution in [3.63, 3.8) is 0 Å². The Bertz CT molecular complexity index is 1370. The summed E-state index contributed by atoms with van der Waals surface area (Å²) in [5.41, 5.74) is 2.61. The molecule has 1 amide bonds. The molecule has 9 heteroatoms. The van der Waals surface area contributed by atoms with E-state index in [-0.39, 0.29) is 9.36 Å². The fraction of sp³-hybridized carbons (Fsp3) is 0. The van der Waals surface area contributed by atoms with E-state index in [0.29, 0.717) is 27.4 Å². The molecule has 0 aliphatic carbocycles. The quantitative estimate of drug-likeness (QED) is 0.428. The molecule has 0 fully saturated rings. The second kappa shape index (κ2) is 8.60. The number of amides is 1. The first-order valence-electron chi connectivity index (χ1n) is 9.09. The van der Waals surface area contributed by atoms with Gasteiger partial charge in [-0.25, -0.2) is 18.5 Å². The van der Waals surface area contributed by atoms with Crippen LogP contribution in [0.4, 0.5) is 5.69 Å². The number of hydrogen-bond acceptors (Lipinski definition) is 5. The van der Waals surface area contributed by atoms with Crippen molar-refractivity contribution in [2.75, 3.05) is 5.32 Å². The van der Waals surface area contributed by atoms with Crippen molar-refractivity contribution in [2.24, 2.45) is 5.14 Å². The molecule has 0 radical (unpaired) electrons. The zero-order chi connectivity index (χ0) is 22.0. The van der Waals surface area contributed by atoms with Crippen molar-refractivity contribution in [1.82, 2.24) is 4.98 Å². The Hall–Kier alpha value is -3.04. The van der Waals surface area contributed by atoms with Crippen molar-refractivity contribution in [2.45, 2.75) is 4.90 Å². The predicted molar refractivity (Wildman–Crippen MR) is 124 cm³/mol. The largest absolute Gasteiger partial charge is 0.321 e. The van der Waals surface area contributed by atoms with Gasteiger partial charge in [-0.3, -0.25) is 4.79 Å². The predicted octanol–water partition coefficient (Wildman–Crippen LogP) is 5.03. The molecule has 1 heterocycles. The third-order valence-electron chi connectivity index (χ3n) is 4.51. The van der Waals surface area contributed by atoms with E-state index in [1.807, 2.05) is 30.3 Å². The molecule has 0 saturated carbocycles. The SMILES string of the molecule is NS(=O)(=O)c1ccccc1-c1ccccc1NC(=O)c1sc(Cl)nc1-c1ccccc1. The molecule has 0 spiro atoms. The first-order chi connectivity index (χ1) is 14.8. The Morgan fingerprint density at radius 2 is 1.52 bits per heavy atom. The highest BCUT2D eigenvalue weighted by molar-refractivity contribution is 7.89. The Morgan fingerprint density at radius 1 is 0.903 bits per heavy atom. The summed E-state index contributed by atoms with van der Waals surface area (Å²) in [4.78, 5) is 17.8. The molecule has 0 unspecified atom stereocenters. The molecule has 6 nitrogen and oxygen atoms in total. The second-order valence-electron chi connectivity index (χ2n) is 6.55. The minimum absolute atomic E-state index is 0.0255. The summed E-state index contributed by atoms with van der Waals surface area (Å²) in [6.45, 7) is 0. The van der Waals surface area contributed by atoms with Gasteiger partial charge in [0.25, 0.3) is 5.91 Å². The molecule has 4 rings (SSSR count). The number of sulfonamides is 1. The smallest absolute Gasteiger partial charge is 0.268 e. The van der Waals surface area contributed by atoms with Gasteiger partial charge >= 0.3 is 0 Å². The highest BCUT2D eigenvalue weighted by Crippen LogP contribution is 2.35. The van der Waals surface area contributed by atoms with Crippen LogP contribution in [0.2, 0.25) is 4.47 Å². The molecular formula is C22H16ClN3O3S2. The number of benzene rings is 3. The van der Waals surface area contributed by atoms with Crippen LogP contribution in [0.3, 0.4) is 0 Å². The second-order valence-corrected chi connectivity index (χ2v) is 9.66. The molecule has 31 heavy (non-hydrogen) atoms. The zero-order valence-corrected chi connectivity index (χ0v) is 18.3. The molecule has 4 aromatic rings. The average Bonchev–Trinajstić information content (AvgIpc) is 3.16. The van der Waals surface area contributed by atoms with Crippen molar-refractivity contribution >= 4 is 44.6 Å². The number of anilines is 1. The van der Waals surface area contributed by atoms with Gasteiger partial charge in [0.1, 0.15) is 4.88 Å². The van der Waals surface area contributed by atoms with Gasteiger partial charge in [-0.2, -0.15) is 0 Å². The first-order valence-corrected chi connectivity index (χ1v) is 11.8. The summed E-state index contributed by atoms with van der Waals surface area (Å²) in [6.07, 6.45) is 0. The molecular weight excluding hydrogens is 454 g/mol. The standard InChI is InChI=1S/C22H16ClN3O3S2/c23-22-26-19(14-8-2-1-3-9-14)20(30-22)21(27)25-17-12-6-4-10-15(17)16-11-5-7-13-18(16)31(24,28)29/h1-13H,(H,25,27)(H2,24,28,29). The topological polar surface area (TPSA) is 102 Å². The number of carbonyl (C=O) groups excluding carboxylic acids is 1. The van der Waals surface area contributed by atoms with E-state index in [4.69, 9.17) is 16.7 Å². The Kier molecular flexibility index (Phi) is 5.88. The van der Waals surface area contributed by atoms with Gasteiger partial charge in [0.15, 0.2) is 4.47 Å². The highest BCUT2D eigenvalue weighted by atomic mass is 35.5. The Balaban J connectivity index is 1.75. The number of hydrogen-bond donors (Lipinski definition) is 2. The van der Waals surface area contributed by atoms with E-state index in [1.54, 1.807) is 42.5 Å². The maximum Gasteiger partial charge on any atom is 0.268 e.